The van der Waals surface area contributed by atoms with Crippen LogP contribution in [-0.2, 0) is 17.8 Å². The van der Waals surface area contributed by atoms with Gasteiger partial charge in [-0.25, -0.2) is 4.79 Å². The van der Waals surface area contributed by atoms with Crippen LogP contribution in [0.15, 0.2) is 44.9 Å². The molecule has 2 aromatic heterocycles. The van der Waals surface area contributed by atoms with E-state index in [1.165, 1.54) is 0 Å². The van der Waals surface area contributed by atoms with E-state index in [2.05, 4.69) is 0 Å². The van der Waals surface area contributed by atoms with Crippen LogP contribution in [0.5, 0.6) is 0 Å². The number of thiophene rings is 1. The van der Waals surface area contributed by atoms with E-state index < -0.39 is 0 Å². The Kier molecular flexibility index (Phi) is 5.57. The van der Waals surface area contributed by atoms with Gasteiger partial charge in [0.25, 0.3) is 0 Å². The average Bonchev–Trinajstić information content (AvgIpc) is 3.12. The van der Waals surface area contributed by atoms with Gasteiger partial charge in [0, 0.05) is 28.8 Å². The van der Waals surface area contributed by atoms with Crippen LogP contribution in [0, 0.1) is 13.8 Å². The molecule has 0 atom stereocenters. The maximum atomic E-state index is 12.6. The Morgan fingerprint density at radius 3 is 2.73 bits per heavy atom. The maximum absolute atomic E-state index is 12.6. The molecule has 0 fully saturated rings. The first-order valence-electron chi connectivity index (χ1n) is 8.82. The molecule has 0 radical (unpaired) electrons. The van der Waals surface area contributed by atoms with Crippen molar-refractivity contribution in [3.63, 3.8) is 0 Å². The van der Waals surface area contributed by atoms with E-state index in [1.54, 1.807) is 11.3 Å². The van der Waals surface area contributed by atoms with E-state index in [0.29, 0.717) is 37.1 Å². The fourth-order valence-corrected chi connectivity index (χ4v) is 3.87. The van der Waals surface area contributed by atoms with E-state index >= 15 is 0 Å². The molecule has 3 aromatic rings. The molecule has 0 saturated carbocycles. The van der Waals surface area contributed by atoms with Crippen molar-refractivity contribution < 1.29 is 9.21 Å². The molecule has 0 aliphatic heterocycles. The average molecular weight is 369 g/mol. The van der Waals surface area contributed by atoms with Gasteiger partial charge in [-0.3, -0.25) is 4.79 Å². The van der Waals surface area contributed by atoms with Crippen LogP contribution < -0.4 is 5.63 Å². The normalized spacial score (nSPS) is 11.0. The highest BCUT2D eigenvalue weighted by Crippen LogP contribution is 2.21. The van der Waals surface area contributed by atoms with Crippen molar-refractivity contribution in [2.24, 2.45) is 0 Å². The number of nitrogens with zero attached hydrogens (tertiary/aromatic N) is 1. The van der Waals surface area contributed by atoms with Gasteiger partial charge in [-0.05, 0) is 55.8 Å². The number of fused-ring (bicyclic) bond motifs is 1. The summed E-state index contributed by atoms with van der Waals surface area (Å²) in [6.07, 6.45) is 0.708. The standard InChI is InChI=1S/C21H23NO3S/c1-4-22(13-16-6-5-11-26-16)20(23)10-9-18-15(3)17-8-7-14(2)12-19(17)25-21(18)24/h5-8,11-12H,4,9-10,13H2,1-3H3. The molecule has 26 heavy (non-hydrogen) atoms. The Labute approximate surface area is 157 Å². The first-order valence-corrected chi connectivity index (χ1v) is 9.70. The van der Waals surface area contributed by atoms with E-state index in [0.717, 1.165) is 21.4 Å². The topological polar surface area (TPSA) is 50.5 Å². The summed E-state index contributed by atoms with van der Waals surface area (Å²) in [5.74, 6) is 0.0590. The number of benzene rings is 1. The minimum atomic E-state index is -0.338. The van der Waals surface area contributed by atoms with Crippen LogP contribution in [0.1, 0.15) is 34.9 Å². The third-order valence-electron chi connectivity index (χ3n) is 4.69. The van der Waals surface area contributed by atoms with Crippen LogP contribution in [0.3, 0.4) is 0 Å². The van der Waals surface area contributed by atoms with Crippen molar-refractivity contribution in [1.82, 2.24) is 4.90 Å². The van der Waals surface area contributed by atoms with Crippen LogP contribution in [0.25, 0.3) is 11.0 Å². The molecule has 0 N–H and O–H groups in total. The Hall–Kier alpha value is -2.40. The molecular weight excluding hydrogens is 346 g/mol. The molecule has 1 aromatic carbocycles. The fourth-order valence-electron chi connectivity index (χ4n) is 3.15. The second-order valence-electron chi connectivity index (χ2n) is 6.48. The monoisotopic (exact) mass is 369 g/mol. The van der Waals surface area contributed by atoms with Gasteiger partial charge in [-0.2, -0.15) is 0 Å². The molecule has 2 heterocycles. The van der Waals surface area contributed by atoms with Crippen molar-refractivity contribution >= 4 is 28.2 Å². The SMILES string of the molecule is CCN(Cc1cccs1)C(=O)CCc1c(C)c2ccc(C)cc2oc1=O. The summed E-state index contributed by atoms with van der Waals surface area (Å²) in [4.78, 5) is 28.0. The van der Waals surface area contributed by atoms with Gasteiger partial charge < -0.3 is 9.32 Å². The minimum Gasteiger partial charge on any atom is -0.423 e. The van der Waals surface area contributed by atoms with Gasteiger partial charge in [0.2, 0.25) is 5.91 Å². The number of aryl methyl sites for hydroxylation is 2. The van der Waals surface area contributed by atoms with Gasteiger partial charge in [0.05, 0.1) is 6.54 Å². The number of hydrogen-bond donors (Lipinski definition) is 0. The zero-order valence-electron chi connectivity index (χ0n) is 15.4. The number of rotatable bonds is 6. The number of carbonyl (C=O) groups is 1. The summed E-state index contributed by atoms with van der Waals surface area (Å²) < 4.78 is 5.48. The largest absolute Gasteiger partial charge is 0.423 e. The van der Waals surface area contributed by atoms with Gasteiger partial charge in [0.15, 0.2) is 0 Å². The van der Waals surface area contributed by atoms with Gasteiger partial charge in [-0.15, -0.1) is 11.3 Å². The van der Waals surface area contributed by atoms with E-state index in [4.69, 9.17) is 4.42 Å². The maximum Gasteiger partial charge on any atom is 0.339 e. The lowest BCUT2D eigenvalue weighted by molar-refractivity contribution is -0.131. The van der Waals surface area contributed by atoms with Crippen LogP contribution in [-0.4, -0.2) is 17.4 Å². The summed E-state index contributed by atoms with van der Waals surface area (Å²) in [6.45, 7) is 7.15. The lowest BCUT2D eigenvalue weighted by Gasteiger charge is -2.20. The summed E-state index contributed by atoms with van der Waals surface area (Å²) in [5, 5.41) is 2.95. The van der Waals surface area contributed by atoms with Crippen LogP contribution >= 0.6 is 11.3 Å². The van der Waals surface area contributed by atoms with Gasteiger partial charge in [0.1, 0.15) is 5.58 Å². The van der Waals surface area contributed by atoms with Crippen molar-refractivity contribution in [3.8, 4) is 0 Å². The Bertz CT molecular complexity index is 973. The third kappa shape index (κ3) is 3.88. The second kappa shape index (κ2) is 7.87. The zero-order valence-corrected chi connectivity index (χ0v) is 16.2. The first-order chi connectivity index (χ1) is 12.5. The molecule has 0 spiro atoms. The molecule has 0 unspecified atom stereocenters. The summed E-state index contributed by atoms with van der Waals surface area (Å²) in [7, 11) is 0. The van der Waals surface area contributed by atoms with Crippen LogP contribution in [0.2, 0.25) is 0 Å². The molecule has 0 aliphatic carbocycles. The van der Waals surface area contributed by atoms with Crippen molar-refractivity contribution in [3.05, 3.63) is 67.7 Å². The number of carbonyl (C=O) groups excluding carboxylic acids is 1. The molecule has 0 bridgehead atoms. The molecule has 5 heteroatoms. The Morgan fingerprint density at radius 1 is 1.23 bits per heavy atom. The summed E-state index contributed by atoms with van der Waals surface area (Å²) in [5.41, 5.74) is 2.83. The summed E-state index contributed by atoms with van der Waals surface area (Å²) >= 11 is 1.65. The highest BCUT2D eigenvalue weighted by Gasteiger charge is 2.16. The Morgan fingerprint density at radius 2 is 2.04 bits per heavy atom. The molecule has 0 saturated heterocycles. The molecule has 136 valence electrons. The van der Waals surface area contributed by atoms with Crippen molar-refractivity contribution in [2.45, 2.75) is 40.2 Å². The lowest BCUT2D eigenvalue weighted by atomic mass is 10.0. The fraction of sp³-hybridized carbons (Fsp3) is 0.333. The smallest absolute Gasteiger partial charge is 0.339 e. The molecule has 4 nitrogen and oxygen atoms in total. The summed E-state index contributed by atoms with van der Waals surface area (Å²) in [6, 6.07) is 9.88. The molecule has 0 aliphatic rings. The highest BCUT2D eigenvalue weighted by molar-refractivity contribution is 7.09. The highest BCUT2D eigenvalue weighted by atomic mass is 32.1. The zero-order chi connectivity index (χ0) is 18.7. The van der Waals surface area contributed by atoms with E-state index in [-0.39, 0.29) is 11.5 Å². The quantitative estimate of drug-likeness (QED) is 0.603. The number of hydrogen-bond acceptors (Lipinski definition) is 4. The number of amides is 1. The van der Waals surface area contributed by atoms with Gasteiger partial charge in [-0.1, -0.05) is 18.2 Å². The van der Waals surface area contributed by atoms with E-state index in [9.17, 15) is 9.59 Å². The predicted octanol–water partition coefficient (Wildman–Crippen LogP) is 4.45. The van der Waals surface area contributed by atoms with Gasteiger partial charge >= 0.3 is 5.63 Å². The lowest BCUT2D eigenvalue weighted by Crippen LogP contribution is -2.30. The third-order valence-corrected chi connectivity index (χ3v) is 5.55. The van der Waals surface area contributed by atoms with Crippen molar-refractivity contribution in [2.75, 3.05) is 6.54 Å². The molecule has 1 amide bonds. The predicted molar refractivity (Wildman–Crippen MR) is 106 cm³/mol. The van der Waals surface area contributed by atoms with Crippen molar-refractivity contribution in [1.29, 1.82) is 0 Å². The molecule has 3 rings (SSSR count). The second-order valence-corrected chi connectivity index (χ2v) is 7.51. The first kappa shape index (κ1) is 18.4. The molecular formula is C21H23NO3S. The van der Waals surface area contributed by atoms with Crippen LogP contribution in [0.4, 0.5) is 0 Å². The minimum absolute atomic E-state index is 0.0590. The van der Waals surface area contributed by atoms with E-state index in [1.807, 2.05) is 61.4 Å². The Balaban J connectivity index is 1.77.